The molecular formula is C26H34N2O3. The first kappa shape index (κ1) is 22.9. The fraction of sp³-hybridized carbons (Fsp3) is 0.462. The maximum Gasteiger partial charge on any atom is 0.227 e. The lowest BCUT2D eigenvalue weighted by Crippen LogP contribution is -2.26. The standard InChI is InChI=1S/C26H34N2O3/c1-18(19-9-13-22(14-10-19)28-25(30)20-7-8-20)27-24(29)6-5-17-31-23-15-11-21(12-16-23)26(2,3)4/h9-16,18,20H,5-8,17H2,1-4H3,(H,27,29)(H,28,30). The van der Waals surface area contributed by atoms with Gasteiger partial charge in [0.25, 0.3) is 0 Å². The molecule has 1 aliphatic carbocycles. The van der Waals surface area contributed by atoms with Crippen LogP contribution in [-0.4, -0.2) is 18.4 Å². The van der Waals surface area contributed by atoms with E-state index in [0.717, 1.165) is 29.8 Å². The summed E-state index contributed by atoms with van der Waals surface area (Å²) in [7, 11) is 0. The monoisotopic (exact) mass is 422 g/mol. The van der Waals surface area contributed by atoms with Gasteiger partial charge in [-0.2, -0.15) is 0 Å². The number of benzene rings is 2. The summed E-state index contributed by atoms with van der Waals surface area (Å²) in [5.74, 6) is 1.12. The highest BCUT2D eigenvalue weighted by atomic mass is 16.5. The molecule has 1 atom stereocenters. The second-order valence-corrected chi connectivity index (χ2v) is 9.40. The molecule has 2 aromatic rings. The molecule has 1 unspecified atom stereocenters. The van der Waals surface area contributed by atoms with Crippen LogP contribution in [0.1, 0.15) is 70.5 Å². The van der Waals surface area contributed by atoms with Crippen molar-refractivity contribution in [2.24, 2.45) is 5.92 Å². The van der Waals surface area contributed by atoms with E-state index >= 15 is 0 Å². The summed E-state index contributed by atoms with van der Waals surface area (Å²) in [4.78, 5) is 24.1. The third-order valence-electron chi connectivity index (χ3n) is 5.54. The Hall–Kier alpha value is -2.82. The zero-order valence-corrected chi connectivity index (χ0v) is 19.0. The summed E-state index contributed by atoms with van der Waals surface area (Å²) in [5.41, 5.74) is 3.20. The van der Waals surface area contributed by atoms with Gasteiger partial charge in [-0.3, -0.25) is 9.59 Å². The average molecular weight is 423 g/mol. The molecule has 2 N–H and O–H groups in total. The molecule has 0 aliphatic heterocycles. The minimum absolute atomic E-state index is 0.00490. The van der Waals surface area contributed by atoms with Gasteiger partial charge in [-0.25, -0.2) is 0 Å². The Labute approximate surface area is 185 Å². The average Bonchev–Trinajstić information content (AvgIpc) is 3.57. The van der Waals surface area contributed by atoms with Crippen molar-refractivity contribution in [1.29, 1.82) is 0 Å². The SMILES string of the molecule is CC(NC(=O)CCCOc1ccc(C(C)(C)C)cc1)c1ccc(NC(=O)C2CC2)cc1. The zero-order chi connectivity index (χ0) is 22.4. The summed E-state index contributed by atoms with van der Waals surface area (Å²) in [5, 5.41) is 5.95. The molecule has 1 fully saturated rings. The van der Waals surface area contributed by atoms with E-state index in [4.69, 9.17) is 4.74 Å². The number of nitrogens with one attached hydrogen (secondary N) is 2. The number of carbonyl (C=O) groups is 2. The van der Waals surface area contributed by atoms with Gasteiger partial charge >= 0.3 is 0 Å². The molecule has 5 heteroatoms. The molecule has 31 heavy (non-hydrogen) atoms. The number of carbonyl (C=O) groups excluding carboxylic acids is 2. The van der Waals surface area contributed by atoms with Gasteiger partial charge < -0.3 is 15.4 Å². The van der Waals surface area contributed by atoms with E-state index in [2.05, 4.69) is 43.5 Å². The first-order valence-corrected chi connectivity index (χ1v) is 11.2. The molecule has 0 radical (unpaired) electrons. The summed E-state index contributed by atoms with van der Waals surface area (Å²) >= 11 is 0. The lowest BCUT2D eigenvalue weighted by Gasteiger charge is -2.19. The smallest absolute Gasteiger partial charge is 0.227 e. The molecule has 3 rings (SSSR count). The van der Waals surface area contributed by atoms with Crippen LogP contribution in [0.3, 0.4) is 0 Å². The van der Waals surface area contributed by atoms with Crippen molar-refractivity contribution in [1.82, 2.24) is 5.32 Å². The van der Waals surface area contributed by atoms with Crippen LogP contribution in [0.15, 0.2) is 48.5 Å². The first-order chi connectivity index (χ1) is 14.7. The van der Waals surface area contributed by atoms with E-state index in [1.165, 1.54) is 5.56 Å². The predicted molar refractivity (Wildman–Crippen MR) is 124 cm³/mol. The summed E-state index contributed by atoms with van der Waals surface area (Å²) in [6, 6.07) is 15.7. The maximum absolute atomic E-state index is 12.3. The van der Waals surface area contributed by atoms with Gasteiger partial charge in [-0.05, 0) is 67.0 Å². The van der Waals surface area contributed by atoms with Gasteiger partial charge in [-0.1, -0.05) is 45.0 Å². The van der Waals surface area contributed by atoms with Gasteiger partial charge in [0, 0.05) is 18.0 Å². The van der Waals surface area contributed by atoms with Crippen LogP contribution < -0.4 is 15.4 Å². The van der Waals surface area contributed by atoms with Crippen molar-refractivity contribution >= 4 is 17.5 Å². The minimum atomic E-state index is -0.0912. The number of anilines is 1. The number of hydrogen-bond donors (Lipinski definition) is 2. The van der Waals surface area contributed by atoms with E-state index in [1.54, 1.807) is 0 Å². The molecule has 1 aliphatic rings. The molecule has 2 aromatic carbocycles. The Balaban J connectivity index is 1.36. The van der Waals surface area contributed by atoms with Crippen LogP contribution >= 0.6 is 0 Å². The fourth-order valence-electron chi connectivity index (χ4n) is 3.32. The topological polar surface area (TPSA) is 67.4 Å². The van der Waals surface area contributed by atoms with Gasteiger partial charge in [0.05, 0.1) is 12.6 Å². The minimum Gasteiger partial charge on any atom is -0.494 e. The Morgan fingerprint density at radius 1 is 1.03 bits per heavy atom. The molecule has 166 valence electrons. The molecule has 0 heterocycles. The van der Waals surface area contributed by atoms with Crippen LogP contribution in [0.5, 0.6) is 5.75 Å². The Kier molecular flexibility index (Phi) is 7.37. The predicted octanol–water partition coefficient (Wildman–Crippen LogP) is 5.37. The maximum atomic E-state index is 12.3. The lowest BCUT2D eigenvalue weighted by molar-refractivity contribution is -0.122. The van der Waals surface area contributed by atoms with Crippen molar-refractivity contribution in [3.8, 4) is 5.75 Å². The molecular weight excluding hydrogens is 388 g/mol. The number of hydrogen-bond acceptors (Lipinski definition) is 3. The third kappa shape index (κ3) is 7.12. The van der Waals surface area contributed by atoms with E-state index < -0.39 is 0 Å². The van der Waals surface area contributed by atoms with Crippen molar-refractivity contribution in [3.05, 3.63) is 59.7 Å². The summed E-state index contributed by atoms with van der Waals surface area (Å²) < 4.78 is 5.77. The van der Waals surface area contributed by atoms with E-state index in [0.29, 0.717) is 19.4 Å². The molecule has 0 bridgehead atoms. The second kappa shape index (κ2) is 9.99. The number of amides is 2. The van der Waals surface area contributed by atoms with Crippen LogP contribution in [-0.2, 0) is 15.0 Å². The lowest BCUT2D eigenvalue weighted by atomic mass is 9.87. The number of rotatable bonds is 9. The second-order valence-electron chi connectivity index (χ2n) is 9.40. The molecule has 1 saturated carbocycles. The third-order valence-corrected chi connectivity index (χ3v) is 5.54. The Bertz CT molecular complexity index is 878. The largest absolute Gasteiger partial charge is 0.494 e. The first-order valence-electron chi connectivity index (χ1n) is 11.2. The number of ether oxygens (including phenoxy) is 1. The van der Waals surface area contributed by atoms with Gasteiger partial charge in [0.1, 0.15) is 5.75 Å². The van der Waals surface area contributed by atoms with Crippen LogP contribution in [0.2, 0.25) is 0 Å². The Morgan fingerprint density at radius 2 is 1.68 bits per heavy atom. The van der Waals surface area contributed by atoms with Crippen molar-refractivity contribution in [3.63, 3.8) is 0 Å². The fourth-order valence-corrected chi connectivity index (χ4v) is 3.32. The van der Waals surface area contributed by atoms with Gasteiger partial charge in [-0.15, -0.1) is 0 Å². The van der Waals surface area contributed by atoms with Gasteiger partial charge in [0.2, 0.25) is 11.8 Å². The highest BCUT2D eigenvalue weighted by Gasteiger charge is 2.29. The molecule has 5 nitrogen and oxygen atoms in total. The highest BCUT2D eigenvalue weighted by Crippen LogP contribution is 2.30. The van der Waals surface area contributed by atoms with Crippen molar-refractivity contribution < 1.29 is 14.3 Å². The van der Waals surface area contributed by atoms with Crippen molar-refractivity contribution in [2.75, 3.05) is 11.9 Å². The van der Waals surface area contributed by atoms with Crippen LogP contribution in [0, 0.1) is 5.92 Å². The summed E-state index contributed by atoms with van der Waals surface area (Å²) in [6.07, 6.45) is 3.05. The van der Waals surface area contributed by atoms with Crippen LogP contribution in [0.25, 0.3) is 0 Å². The van der Waals surface area contributed by atoms with Crippen LogP contribution in [0.4, 0.5) is 5.69 Å². The van der Waals surface area contributed by atoms with E-state index in [-0.39, 0.29) is 29.2 Å². The molecule has 0 spiro atoms. The van der Waals surface area contributed by atoms with E-state index in [9.17, 15) is 9.59 Å². The quantitative estimate of drug-likeness (QED) is 0.534. The Morgan fingerprint density at radius 3 is 2.26 bits per heavy atom. The normalized spacial score (nSPS) is 14.6. The molecule has 0 saturated heterocycles. The summed E-state index contributed by atoms with van der Waals surface area (Å²) in [6.45, 7) is 9.02. The van der Waals surface area contributed by atoms with Crippen molar-refractivity contribution in [2.45, 2.75) is 64.8 Å². The zero-order valence-electron chi connectivity index (χ0n) is 19.0. The molecule has 2 amide bonds. The highest BCUT2D eigenvalue weighted by molar-refractivity contribution is 5.94. The van der Waals surface area contributed by atoms with Gasteiger partial charge in [0.15, 0.2) is 0 Å². The van der Waals surface area contributed by atoms with E-state index in [1.807, 2.05) is 43.3 Å². The molecule has 0 aromatic heterocycles.